The van der Waals surface area contributed by atoms with Gasteiger partial charge in [0.25, 0.3) is 0 Å². The Hall–Kier alpha value is -0.0700. The van der Waals surface area contributed by atoms with E-state index >= 15 is 0 Å². The summed E-state index contributed by atoms with van der Waals surface area (Å²) in [4.78, 5) is 12.7. The van der Waals surface area contributed by atoms with Crippen molar-refractivity contribution in [1.82, 2.24) is 10.3 Å². The van der Waals surface area contributed by atoms with Gasteiger partial charge in [0, 0.05) is 24.6 Å². The van der Waals surface area contributed by atoms with Crippen molar-refractivity contribution in [3.63, 3.8) is 0 Å². The fourth-order valence-electron chi connectivity index (χ4n) is 0.819. The van der Waals surface area contributed by atoms with Gasteiger partial charge in [0.05, 0.1) is 0 Å². The van der Waals surface area contributed by atoms with E-state index in [0.717, 1.165) is 24.6 Å². The number of hydrazine groups is 1. The van der Waals surface area contributed by atoms with Crippen LogP contribution in [0.1, 0.15) is 0 Å². The molecule has 1 aliphatic rings. The highest BCUT2D eigenvalue weighted by Gasteiger charge is 2.13. The molecule has 11 heavy (non-hydrogen) atoms. The van der Waals surface area contributed by atoms with Gasteiger partial charge in [-0.25, -0.2) is 10.6 Å². The minimum Gasteiger partial charge on any atom is -0.322 e. The molecular formula is C5H11N3OS2. The maximum absolute atomic E-state index is 11.0. The minimum absolute atomic E-state index is 0.173. The summed E-state index contributed by atoms with van der Waals surface area (Å²) in [6, 6.07) is -0.173. The largest absolute Gasteiger partial charge is 0.331 e. The summed E-state index contributed by atoms with van der Waals surface area (Å²) in [6.07, 6.45) is 0. The van der Waals surface area contributed by atoms with Gasteiger partial charge in [-0.3, -0.25) is 5.43 Å². The molecular weight excluding hydrogens is 182 g/mol. The van der Waals surface area contributed by atoms with Crippen molar-refractivity contribution in [1.29, 1.82) is 0 Å². The van der Waals surface area contributed by atoms with Crippen LogP contribution in [-0.2, 0) is 0 Å². The Morgan fingerprint density at radius 2 is 1.91 bits per heavy atom. The van der Waals surface area contributed by atoms with Gasteiger partial charge in [-0.05, 0) is 0 Å². The average molecular weight is 193 g/mol. The highest BCUT2D eigenvalue weighted by Crippen LogP contribution is 2.23. The summed E-state index contributed by atoms with van der Waals surface area (Å²) < 4.78 is 0. The number of nitrogens with one attached hydrogen (secondary N) is 1. The highest BCUT2D eigenvalue weighted by atomic mass is 33.1. The number of nitrogens with two attached hydrogens (primary N) is 1. The zero-order valence-corrected chi connectivity index (χ0v) is 7.71. The average Bonchev–Trinajstić information content (AvgIpc) is 2.30. The first-order chi connectivity index (χ1) is 5.34. The van der Waals surface area contributed by atoms with E-state index in [1.54, 1.807) is 26.5 Å². The van der Waals surface area contributed by atoms with E-state index < -0.39 is 0 Å². The van der Waals surface area contributed by atoms with Crippen molar-refractivity contribution >= 4 is 27.6 Å². The molecule has 0 aromatic heterocycles. The number of carbonyl (C=O) groups is 1. The van der Waals surface area contributed by atoms with E-state index in [9.17, 15) is 4.79 Å². The van der Waals surface area contributed by atoms with E-state index in [4.69, 9.17) is 5.84 Å². The van der Waals surface area contributed by atoms with Crippen molar-refractivity contribution in [2.45, 2.75) is 0 Å². The molecule has 1 aliphatic heterocycles. The molecule has 0 saturated carbocycles. The fourth-order valence-corrected chi connectivity index (χ4v) is 2.80. The van der Waals surface area contributed by atoms with Crippen molar-refractivity contribution < 1.29 is 4.79 Å². The van der Waals surface area contributed by atoms with Crippen LogP contribution >= 0.6 is 21.6 Å². The molecule has 0 aliphatic carbocycles. The molecule has 0 aromatic carbocycles. The van der Waals surface area contributed by atoms with Crippen LogP contribution in [0.2, 0.25) is 0 Å². The van der Waals surface area contributed by atoms with Crippen LogP contribution in [0.5, 0.6) is 0 Å². The Bertz CT molecular complexity index is 136. The SMILES string of the molecule is NNC(=O)N1CCSSCC1. The molecule has 0 radical (unpaired) electrons. The Balaban J connectivity index is 2.36. The highest BCUT2D eigenvalue weighted by molar-refractivity contribution is 8.76. The molecule has 0 unspecified atom stereocenters. The molecule has 1 rings (SSSR count). The number of hydrogen-bond donors (Lipinski definition) is 2. The normalized spacial score (nSPS) is 19.2. The van der Waals surface area contributed by atoms with Crippen molar-refractivity contribution in [3.8, 4) is 0 Å². The summed E-state index contributed by atoms with van der Waals surface area (Å²) in [5.41, 5.74) is 2.13. The topological polar surface area (TPSA) is 58.4 Å². The quantitative estimate of drug-likeness (QED) is 0.251. The molecule has 0 bridgehead atoms. The predicted octanol–water partition coefficient (Wildman–Crippen LogP) is 0.267. The number of carbonyl (C=O) groups excluding carboxylic acids is 1. The standard InChI is InChI=1S/C5H11N3OS2/c6-7-5(9)8-1-3-10-11-4-2-8/h1-4,6H2,(H,7,9). The summed E-state index contributed by atoms with van der Waals surface area (Å²) in [7, 11) is 3.60. The zero-order chi connectivity index (χ0) is 8.10. The number of hydrogen-bond acceptors (Lipinski definition) is 4. The Labute approximate surface area is 73.6 Å². The van der Waals surface area contributed by atoms with Crippen LogP contribution in [0.25, 0.3) is 0 Å². The molecule has 64 valence electrons. The van der Waals surface area contributed by atoms with Gasteiger partial charge in [0.1, 0.15) is 0 Å². The van der Waals surface area contributed by atoms with Crippen LogP contribution < -0.4 is 11.3 Å². The van der Waals surface area contributed by atoms with E-state index in [2.05, 4.69) is 5.43 Å². The minimum atomic E-state index is -0.173. The summed E-state index contributed by atoms with van der Waals surface area (Å²) in [5, 5.41) is 0. The molecule has 4 nitrogen and oxygen atoms in total. The maximum atomic E-state index is 11.0. The third-order valence-corrected chi connectivity index (χ3v) is 3.75. The third kappa shape index (κ3) is 2.80. The number of nitrogens with zero attached hydrogens (tertiary/aromatic N) is 1. The predicted molar refractivity (Wildman–Crippen MR) is 49.2 cm³/mol. The van der Waals surface area contributed by atoms with Crippen molar-refractivity contribution in [3.05, 3.63) is 0 Å². The maximum Gasteiger partial charge on any atom is 0.331 e. The van der Waals surface area contributed by atoms with Gasteiger partial charge >= 0.3 is 6.03 Å². The molecule has 2 amide bonds. The Morgan fingerprint density at radius 3 is 2.36 bits per heavy atom. The first kappa shape index (κ1) is 9.02. The van der Waals surface area contributed by atoms with Crippen LogP contribution in [0, 0.1) is 0 Å². The molecule has 6 heteroatoms. The second-order valence-corrected chi connectivity index (χ2v) is 4.78. The lowest BCUT2D eigenvalue weighted by atomic mass is 10.5. The van der Waals surface area contributed by atoms with E-state index in [0.29, 0.717) is 0 Å². The summed E-state index contributed by atoms with van der Waals surface area (Å²) >= 11 is 0. The van der Waals surface area contributed by atoms with Gasteiger partial charge in [0.2, 0.25) is 0 Å². The van der Waals surface area contributed by atoms with Crippen molar-refractivity contribution in [2.75, 3.05) is 24.6 Å². The Morgan fingerprint density at radius 1 is 1.36 bits per heavy atom. The van der Waals surface area contributed by atoms with Gasteiger partial charge in [-0.1, -0.05) is 21.6 Å². The molecule has 1 saturated heterocycles. The van der Waals surface area contributed by atoms with Gasteiger partial charge in [-0.15, -0.1) is 0 Å². The summed E-state index contributed by atoms with van der Waals surface area (Å²) in [6.45, 7) is 1.58. The first-order valence-corrected chi connectivity index (χ1v) is 5.83. The molecule has 0 atom stereocenters. The second kappa shape index (κ2) is 4.74. The van der Waals surface area contributed by atoms with Gasteiger partial charge in [0.15, 0.2) is 0 Å². The van der Waals surface area contributed by atoms with Gasteiger partial charge < -0.3 is 4.90 Å². The van der Waals surface area contributed by atoms with Crippen LogP contribution in [0.3, 0.4) is 0 Å². The molecule has 1 fully saturated rings. The molecule has 1 heterocycles. The van der Waals surface area contributed by atoms with Crippen LogP contribution in [0.15, 0.2) is 0 Å². The molecule has 0 spiro atoms. The van der Waals surface area contributed by atoms with E-state index in [-0.39, 0.29) is 6.03 Å². The third-order valence-electron chi connectivity index (χ3n) is 1.38. The lowest BCUT2D eigenvalue weighted by Gasteiger charge is -2.17. The van der Waals surface area contributed by atoms with E-state index in [1.165, 1.54) is 0 Å². The summed E-state index contributed by atoms with van der Waals surface area (Å²) in [5.74, 6) is 6.97. The molecule has 3 N–H and O–H groups in total. The van der Waals surface area contributed by atoms with E-state index in [1.807, 2.05) is 0 Å². The lowest BCUT2D eigenvalue weighted by Crippen LogP contribution is -2.44. The van der Waals surface area contributed by atoms with Crippen LogP contribution in [0.4, 0.5) is 4.79 Å². The monoisotopic (exact) mass is 193 g/mol. The second-order valence-electron chi connectivity index (χ2n) is 2.08. The van der Waals surface area contributed by atoms with Crippen LogP contribution in [-0.4, -0.2) is 35.5 Å². The number of urea groups is 1. The smallest absolute Gasteiger partial charge is 0.322 e. The fraction of sp³-hybridized carbons (Fsp3) is 0.800. The van der Waals surface area contributed by atoms with Gasteiger partial charge in [-0.2, -0.15) is 0 Å². The zero-order valence-electron chi connectivity index (χ0n) is 6.08. The molecule has 0 aromatic rings. The first-order valence-electron chi connectivity index (χ1n) is 3.34. The Kier molecular flexibility index (Phi) is 3.88. The van der Waals surface area contributed by atoms with Crippen molar-refractivity contribution in [2.24, 2.45) is 5.84 Å². The number of amides is 2. The number of rotatable bonds is 0. The lowest BCUT2D eigenvalue weighted by molar-refractivity contribution is 0.204.